The SMILES string of the molecule is CN1CCC(c2c[nH]c3ccc(NC(=O)c4ccc(Cl)c(Cl)c4)cc23)CC1. The number of hydrogen-bond acceptors (Lipinski definition) is 2. The number of nitrogens with one attached hydrogen (secondary N) is 2. The maximum absolute atomic E-state index is 12.5. The van der Waals surface area contributed by atoms with E-state index < -0.39 is 0 Å². The van der Waals surface area contributed by atoms with Gasteiger partial charge in [0.05, 0.1) is 10.0 Å². The Bertz CT molecular complexity index is 990. The van der Waals surface area contributed by atoms with Crippen molar-refractivity contribution in [1.29, 1.82) is 0 Å². The number of hydrogen-bond donors (Lipinski definition) is 2. The summed E-state index contributed by atoms with van der Waals surface area (Å²) in [5.74, 6) is 0.347. The van der Waals surface area contributed by atoms with Crippen LogP contribution in [0.4, 0.5) is 5.69 Å². The first-order valence-electron chi connectivity index (χ1n) is 9.07. The van der Waals surface area contributed by atoms with Crippen molar-refractivity contribution in [2.75, 3.05) is 25.5 Å². The van der Waals surface area contributed by atoms with Gasteiger partial charge >= 0.3 is 0 Å². The van der Waals surface area contributed by atoms with Crippen LogP contribution in [0.15, 0.2) is 42.6 Å². The van der Waals surface area contributed by atoms with Gasteiger partial charge in [-0.05, 0) is 80.9 Å². The number of anilines is 1. The molecule has 3 aromatic rings. The molecule has 1 aromatic heterocycles. The molecular weight excluding hydrogens is 381 g/mol. The molecule has 0 radical (unpaired) electrons. The Morgan fingerprint density at radius 1 is 1.11 bits per heavy atom. The standard InChI is InChI=1S/C21H21Cl2N3O/c1-26-8-6-13(7-9-26)17-12-24-20-5-3-15(11-16(17)20)25-21(27)14-2-4-18(22)19(23)10-14/h2-5,10-13,24H,6-9H2,1H3,(H,25,27). The van der Waals surface area contributed by atoms with Gasteiger partial charge in [-0.3, -0.25) is 4.79 Å². The highest BCUT2D eigenvalue weighted by atomic mass is 35.5. The highest BCUT2D eigenvalue weighted by Crippen LogP contribution is 2.34. The van der Waals surface area contributed by atoms with Gasteiger partial charge in [0.1, 0.15) is 0 Å². The van der Waals surface area contributed by atoms with Crippen LogP contribution in [0.5, 0.6) is 0 Å². The summed E-state index contributed by atoms with van der Waals surface area (Å²) in [6.07, 6.45) is 4.43. The zero-order valence-electron chi connectivity index (χ0n) is 15.1. The molecule has 0 bridgehead atoms. The minimum atomic E-state index is -0.204. The van der Waals surface area contributed by atoms with E-state index >= 15 is 0 Å². The lowest BCUT2D eigenvalue weighted by Gasteiger charge is -2.28. The van der Waals surface area contributed by atoms with Gasteiger partial charge in [0.25, 0.3) is 5.91 Å². The largest absolute Gasteiger partial charge is 0.361 e. The van der Waals surface area contributed by atoms with Crippen LogP contribution in [-0.2, 0) is 0 Å². The summed E-state index contributed by atoms with van der Waals surface area (Å²) in [6, 6.07) is 10.9. The molecule has 1 fully saturated rings. The monoisotopic (exact) mass is 401 g/mol. The molecule has 1 aliphatic rings. The summed E-state index contributed by atoms with van der Waals surface area (Å²) >= 11 is 12.0. The van der Waals surface area contributed by atoms with E-state index in [0.29, 0.717) is 21.5 Å². The molecule has 0 saturated carbocycles. The maximum Gasteiger partial charge on any atom is 0.255 e. The molecule has 27 heavy (non-hydrogen) atoms. The Morgan fingerprint density at radius 2 is 1.89 bits per heavy atom. The second kappa shape index (κ2) is 7.55. The minimum absolute atomic E-state index is 0.204. The number of H-pyrrole nitrogens is 1. The van der Waals surface area contributed by atoms with Gasteiger partial charge in [-0.15, -0.1) is 0 Å². The van der Waals surface area contributed by atoms with Crippen LogP contribution >= 0.6 is 23.2 Å². The molecule has 1 amide bonds. The van der Waals surface area contributed by atoms with Crippen LogP contribution in [0, 0.1) is 0 Å². The molecule has 6 heteroatoms. The zero-order chi connectivity index (χ0) is 19.0. The Balaban J connectivity index is 1.58. The molecular formula is C21H21Cl2N3O. The first-order chi connectivity index (χ1) is 13.0. The molecule has 0 unspecified atom stereocenters. The fourth-order valence-corrected chi connectivity index (χ4v) is 4.02. The Kier molecular flexibility index (Phi) is 5.13. The maximum atomic E-state index is 12.5. The lowest BCUT2D eigenvalue weighted by atomic mass is 9.89. The number of aromatic nitrogens is 1. The number of carbonyl (C=O) groups is 1. The van der Waals surface area contributed by atoms with Crippen molar-refractivity contribution in [3.05, 3.63) is 63.8 Å². The Morgan fingerprint density at radius 3 is 2.63 bits per heavy atom. The number of aromatic amines is 1. The summed E-state index contributed by atoms with van der Waals surface area (Å²) in [5, 5.41) is 4.94. The van der Waals surface area contributed by atoms with Crippen LogP contribution in [-0.4, -0.2) is 35.9 Å². The zero-order valence-corrected chi connectivity index (χ0v) is 16.6. The van der Waals surface area contributed by atoms with Crippen LogP contribution < -0.4 is 5.32 Å². The predicted octanol–water partition coefficient (Wildman–Crippen LogP) is 5.54. The molecule has 0 spiro atoms. The summed E-state index contributed by atoms with van der Waals surface area (Å²) in [7, 11) is 2.17. The van der Waals surface area contributed by atoms with Crippen molar-refractivity contribution >= 4 is 45.7 Å². The highest BCUT2D eigenvalue weighted by molar-refractivity contribution is 6.42. The third-order valence-corrected chi connectivity index (χ3v) is 6.05. The Labute approximate surface area is 168 Å². The fraction of sp³-hybridized carbons (Fsp3) is 0.286. The summed E-state index contributed by atoms with van der Waals surface area (Å²) < 4.78 is 0. The van der Waals surface area contributed by atoms with Crippen LogP contribution in [0.25, 0.3) is 10.9 Å². The number of rotatable bonds is 3. The molecule has 0 atom stereocenters. The van der Waals surface area contributed by atoms with Gasteiger partial charge in [-0.25, -0.2) is 0 Å². The smallest absolute Gasteiger partial charge is 0.255 e. The van der Waals surface area contributed by atoms with Gasteiger partial charge in [-0.1, -0.05) is 23.2 Å². The molecule has 0 aliphatic carbocycles. The third-order valence-electron chi connectivity index (χ3n) is 5.31. The molecule has 2 heterocycles. The fourth-order valence-electron chi connectivity index (χ4n) is 3.72. The first-order valence-corrected chi connectivity index (χ1v) is 9.83. The number of likely N-dealkylation sites (tertiary alicyclic amines) is 1. The molecule has 4 rings (SSSR count). The number of nitrogens with zero attached hydrogens (tertiary/aromatic N) is 1. The van der Waals surface area contributed by atoms with Gasteiger partial charge < -0.3 is 15.2 Å². The number of benzene rings is 2. The van der Waals surface area contributed by atoms with Crippen molar-refractivity contribution in [3.63, 3.8) is 0 Å². The van der Waals surface area contributed by atoms with E-state index in [2.05, 4.69) is 34.5 Å². The van der Waals surface area contributed by atoms with Crippen LogP contribution in [0.3, 0.4) is 0 Å². The van der Waals surface area contributed by atoms with Crippen molar-refractivity contribution < 1.29 is 4.79 Å². The van der Waals surface area contributed by atoms with E-state index in [-0.39, 0.29) is 5.91 Å². The highest BCUT2D eigenvalue weighted by Gasteiger charge is 2.21. The first kappa shape index (κ1) is 18.4. The summed E-state index contributed by atoms with van der Waals surface area (Å²) in [4.78, 5) is 18.3. The van der Waals surface area contributed by atoms with E-state index in [9.17, 15) is 4.79 Å². The molecule has 4 nitrogen and oxygen atoms in total. The minimum Gasteiger partial charge on any atom is -0.361 e. The average Bonchev–Trinajstić information content (AvgIpc) is 3.08. The molecule has 2 N–H and O–H groups in total. The summed E-state index contributed by atoms with van der Waals surface area (Å²) in [5.41, 5.74) is 3.68. The van der Waals surface area contributed by atoms with Gasteiger partial charge in [0.15, 0.2) is 0 Å². The average molecular weight is 402 g/mol. The van der Waals surface area contributed by atoms with Crippen LogP contribution in [0.1, 0.15) is 34.7 Å². The van der Waals surface area contributed by atoms with E-state index in [1.807, 2.05) is 12.1 Å². The number of fused-ring (bicyclic) bond motifs is 1. The van der Waals surface area contributed by atoms with Crippen LogP contribution in [0.2, 0.25) is 10.0 Å². The van der Waals surface area contributed by atoms with Crippen molar-refractivity contribution in [3.8, 4) is 0 Å². The Hall–Kier alpha value is -2.01. The lowest BCUT2D eigenvalue weighted by molar-refractivity contribution is 0.102. The van der Waals surface area contributed by atoms with Gasteiger partial charge in [-0.2, -0.15) is 0 Å². The molecule has 2 aromatic carbocycles. The number of halogens is 2. The van der Waals surface area contributed by atoms with Crippen molar-refractivity contribution in [1.82, 2.24) is 9.88 Å². The number of carbonyl (C=O) groups excluding carboxylic acids is 1. The predicted molar refractivity (Wildman–Crippen MR) is 112 cm³/mol. The van der Waals surface area contributed by atoms with E-state index in [0.717, 1.165) is 37.1 Å². The topological polar surface area (TPSA) is 48.1 Å². The molecule has 1 saturated heterocycles. The van der Waals surface area contributed by atoms with E-state index in [4.69, 9.17) is 23.2 Å². The van der Waals surface area contributed by atoms with Gasteiger partial charge in [0, 0.05) is 28.4 Å². The normalized spacial score (nSPS) is 16.0. The second-order valence-electron chi connectivity index (χ2n) is 7.16. The van der Waals surface area contributed by atoms with Crippen molar-refractivity contribution in [2.45, 2.75) is 18.8 Å². The second-order valence-corrected chi connectivity index (χ2v) is 7.98. The summed E-state index contributed by atoms with van der Waals surface area (Å²) in [6.45, 7) is 2.23. The van der Waals surface area contributed by atoms with Gasteiger partial charge in [0.2, 0.25) is 0 Å². The number of amides is 1. The quantitative estimate of drug-likeness (QED) is 0.605. The molecule has 1 aliphatic heterocycles. The van der Waals surface area contributed by atoms with E-state index in [1.54, 1.807) is 18.2 Å². The van der Waals surface area contributed by atoms with E-state index in [1.165, 1.54) is 10.9 Å². The lowest BCUT2D eigenvalue weighted by Crippen LogP contribution is -2.29. The van der Waals surface area contributed by atoms with Crippen molar-refractivity contribution in [2.24, 2.45) is 0 Å². The third kappa shape index (κ3) is 3.84. The molecule has 140 valence electrons. The number of piperidine rings is 1.